The Balaban J connectivity index is 1.80. The van der Waals surface area contributed by atoms with Crippen molar-refractivity contribution in [3.05, 3.63) is 58.1 Å². The van der Waals surface area contributed by atoms with E-state index in [4.69, 9.17) is 21.7 Å². The SMILES string of the molecule is CCCCOc1ccccc1C(=O)NC(=S)NNC(=O)COc1ccc(C(C)C)cc1Br. The maximum Gasteiger partial charge on any atom is 0.276 e. The fourth-order valence-electron chi connectivity index (χ4n) is 2.61. The van der Waals surface area contributed by atoms with Gasteiger partial charge in [0.05, 0.1) is 16.6 Å². The number of carbonyl (C=O) groups excluding carboxylic acids is 2. The molecular formula is C23H28BrN3O4S. The summed E-state index contributed by atoms with van der Waals surface area (Å²) in [5.74, 6) is 0.533. The molecule has 2 aromatic rings. The maximum absolute atomic E-state index is 12.5. The summed E-state index contributed by atoms with van der Waals surface area (Å²) in [6.45, 7) is 6.56. The third kappa shape index (κ3) is 8.12. The molecule has 0 aromatic heterocycles. The molecule has 0 heterocycles. The third-order valence-electron chi connectivity index (χ3n) is 4.41. The number of ether oxygens (including phenoxy) is 2. The lowest BCUT2D eigenvalue weighted by Gasteiger charge is -2.14. The highest BCUT2D eigenvalue weighted by molar-refractivity contribution is 9.10. The zero-order valence-electron chi connectivity index (χ0n) is 18.4. The Morgan fingerprint density at radius 3 is 2.50 bits per heavy atom. The second-order valence-corrected chi connectivity index (χ2v) is 8.55. The third-order valence-corrected chi connectivity index (χ3v) is 5.23. The molecule has 172 valence electrons. The van der Waals surface area contributed by atoms with E-state index in [2.05, 4.69) is 52.9 Å². The van der Waals surface area contributed by atoms with E-state index in [1.54, 1.807) is 24.3 Å². The summed E-state index contributed by atoms with van der Waals surface area (Å²) in [7, 11) is 0. The smallest absolute Gasteiger partial charge is 0.276 e. The first-order valence-corrected chi connectivity index (χ1v) is 11.6. The van der Waals surface area contributed by atoms with Crippen LogP contribution in [0.25, 0.3) is 0 Å². The van der Waals surface area contributed by atoms with Crippen LogP contribution in [0.3, 0.4) is 0 Å². The largest absolute Gasteiger partial charge is 0.493 e. The number of hydrogen-bond donors (Lipinski definition) is 3. The molecule has 0 fully saturated rings. The van der Waals surface area contributed by atoms with Gasteiger partial charge in [0, 0.05) is 0 Å². The standard InChI is InChI=1S/C23H28BrN3O4S/c1-4-5-12-30-19-9-7-6-8-17(19)22(29)25-23(32)27-26-21(28)14-31-20-11-10-16(15(2)3)13-18(20)24/h6-11,13,15H,4-5,12,14H2,1-3H3,(H,26,28)(H2,25,27,29,32). The zero-order valence-corrected chi connectivity index (χ0v) is 20.8. The first-order valence-electron chi connectivity index (χ1n) is 10.4. The molecule has 2 aromatic carbocycles. The van der Waals surface area contributed by atoms with Crippen molar-refractivity contribution in [3.63, 3.8) is 0 Å². The molecule has 9 heteroatoms. The van der Waals surface area contributed by atoms with Gasteiger partial charge in [-0.2, -0.15) is 0 Å². The van der Waals surface area contributed by atoms with Gasteiger partial charge < -0.3 is 9.47 Å². The number of hydrazine groups is 1. The van der Waals surface area contributed by atoms with Crippen molar-refractivity contribution in [2.24, 2.45) is 0 Å². The van der Waals surface area contributed by atoms with Crippen LogP contribution in [0, 0.1) is 0 Å². The van der Waals surface area contributed by atoms with E-state index >= 15 is 0 Å². The molecule has 2 rings (SSSR count). The van der Waals surface area contributed by atoms with Gasteiger partial charge in [0.15, 0.2) is 11.7 Å². The van der Waals surface area contributed by atoms with Crippen LogP contribution in [0.4, 0.5) is 0 Å². The van der Waals surface area contributed by atoms with Crippen LogP contribution in [-0.4, -0.2) is 30.1 Å². The minimum absolute atomic E-state index is 0.0471. The van der Waals surface area contributed by atoms with Gasteiger partial charge in [0.2, 0.25) is 0 Å². The van der Waals surface area contributed by atoms with E-state index in [0.29, 0.717) is 29.6 Å². The van der Waals surface area contributed by atoms with Crippen molar-refractivity contribution in [2.45, 2.75) is 39.5 Å². The Morgan fingerprint density at radius 2 is 1.81 bits per heavy atom. The summed E-state index contributed by atoms with van der Waals surface area (Å²) in [5, 5.41) is 2.47. The first-order chi connectivity index (χ1) is 15.3. The Kier molecular flexibility index (Phi) is 10.4. The molecule has 3 N–H and O–H groups in total. The Hall–Kier alpha value is -2.65. The van der Waals surface area contributed by atoms with E-state index in [0.717, 1.165) is 22.9 Å². The molecule has 0 radical (unpaired) electrons. The van der Waals surface area contributed by atoms with Gasteiger partial charge in [0.25, 0.3) is 11.8 Å². The molecular weight excluding hydrogens is 494 g/mol. The van der Waals surface area contributed by atoms with Gasteiger partial charge >= 0.3 is 0 Å². The van der Waals surface area contributed by atoms with Gasteiger partial charge in [-0.3, -0.25) is 25.8 Å². The van der Waals surface area contributed by atoms with Crippen molar-refractivity contribution in [3.8, 4) is 11.5 Å². The number of halogens is 1. The van der Waals surface area contributed by atoms with Gasteiger partial charge in [-0.25, -0.2) is 0 Å². The minimum atomic E-state index is -0.454. The summed E-state index contributed by atoms with van der Waals surface area (Å²) in [4.78, 5) is 24.6. The van der Waals surface area contributed by atoms with Gasteiger partial charge in [0.1, 0.15) is 11.5 Å². The number of thiocarbonyl (C=S) groups is 1. The fourth-order valence-corrected chi connectivity index (χ4v) is 3.26. The predicted octanol–water partition coefficient (Wildman–Crippen LogP) is 4.47. The lowest BCUT2D eigenvalue weighted by Crippen LogP contribution is -2.49. The van der Waals surface area contributed by atoms with Crippen LogP contribution in [0.15, 0.2) is 46.9 Å². The number of para-hydroxylation sites is 1. The van der Waals surface area contributed by atoms with Gasteiger partial charge in [-0.05, 0) is 70.3 Å². The average molecular weight is 522 g/mol. The summed E-state index contributed by atoms with van der Waals surface area (Å²) in [6, 6.07) is 12.6. The Labute approximate surface area is 202 Å². The predicted molar refractivity (Wildman–Crippen MR) is 132 cm³/mol. The van der Waals surface area contributed by atoms with Crippen molar-refractivity contribution >= 4 is 45.1 Å². The highest BCUT2D eigenvalue weighted by Gasteiger charge is 2.14. The average Bonchev–Trinajstić information content (AvgIpc) is 2.77. The zero-order chi connectivity index (χ0) is 23.5. The van der Waals surface area contributed by atoms with Crippen molar-refractivity contribution in [1.29, 1.82) is 0 Å². The molecule has 2 amide bonds. The van der Waals surface area contributed by atoms with Crippen LogP contribution in [0.2, 0.25) is 0 Å². The minimum Gasteiger partial charge on any atom is -0.493 e. The number of carbonyl (C=O) groups is 2. The summed E-state index contributed by atoms with van der Waals surface area (Å²) in [6.07, 6.45) is 1.88. The van der Waals surface area contributed by atoms with Gasteiger partial charge in [-0.15, -0.1) is 0 Å². The molecule has 0 unspecified atom stereocenters. The number of benzene rings is 2. The number of unbranched alkanes of at least 4 members (excludes halogenated alkanes) is 1. The number of rotatable bonds is 9. The molecule has 0 saturated heterocycles. The van der Waals surface area contributed by atoms with Crippen LogP contribution in [-0.2, 0) is 4.79 Å². The molecule has 0 atom stereocenters. The first kappa shape index (κ1) is 25.6. The topological polar surface area (TPSA) is 88.7 Å². The lowest BCUT2D eigenvalue weighted by atomic mass is 10.0. The number of nitrogens with one attached hydrogen (secondary N) is 3. The molecule has 0 aliphatic heterocycles. The van der Waals surface area contributed by atoms with Crippen LogP contribution in [0.5, 0.6) is 11.5 Å². The van der Waals surface area contributed by atoms with Crippen LogP contribution < -0.4 is 25.6 Å². The number of amides is 2. The second kappa shape index (κ2) is 13.0. The van der Waals surface area contributed by atoms with E-state index in [-0.39, 0.29) is 11.7 Å². The lowest BCUT2D eigenvalue weighted by molar-refractivity contribution is -0.123. The van der Waals surface area contributed by atoms with E-state index in [1.807, 2.05) is 18.2 Å². The molecule has 0 saturated carbocycles. The molecule has 0 aliphatic rings. The van der Waals surface area contributed by atoms with Gasteiger partial charge in [-0.1, -0.05) is 45.4 Å². The highest BCUT2D eigenvalue weighted by atomic mass is 79.9. The van der Waals surface area contributed by atoms with E-state index in [1.165, 1.54) is 0 Å². The fraction of sp³-hybridized carbons (Fsp3) is 0.348. The quantitative estimate of drug-likeness (QED) is 0.256. The van der Waals surface area contributed by atoms with E-state index in [9.17, 15) is 9.59 Å². The molecule has 7 nitrogen and oxygen atoms in total. The van der Waals surface area contributed by atoms with Crippen molar-refractivity contribution in [1.82, 2.24) is 16.2 Å². The highest BCUT2D eigenvalue weighted by Crippen LogP contribution is 2.28. The van der Waals surface area contributed by atoms with Crippen molar-refractivity contribution < 1.29 is 19.1 Å². The summed E-state index contributed by atoms with van der Waals surface area (Å²) >= 11 is 8.54. The monoisotopic (exact) mass is 521 g/mol. The molecule has 0 bridgehead atoms. The molecule has 0 aliphatic carbocycles. The Morgan fingerprint density at radius 1 is 1.06 bits per heavy atom. The normalized spacial score (nSPS) is 10.4. The van der Waals surface area contributed by atoms with E-state index < -0.39 is 11.8 Å². The Bertz CT molecular complexity index is 953. The maximum atomic E-state index is 12.5. The second-order valence-electron chi connectivity index (χ2n) is 7.29. The van der Waals surface area contributed by atoms with Crippen LogP contribution >= 0.6 is 28.1 Å². The number of hydrogen-bond acceptors (Lipinski definition) is 5. The summed E-state index contributed by atoms with van der Waals surface area (Å²) in [5.41, 5.74) is 6.42. The summed E-state index contributed by atoms with van der Waals surface area (Å²) < 4.78 is 12.0. The molecule has 0 spiro atoms. The molecule has 32 heavy (non-hydrogen) atoms. The van der Waals surface area contributed by atoms with Crippen LogP contribution in [0.1, 0.15) is 55.5 Å². The van der Waals surface area contributed by atoms with Crippen molar-refractivity contribution in [2.75, 3.05) is 13.2 Å².